The van der Waals surface area contributed by atoms with Gasteiger partial charge in [0, 0.05) is 0 Å². The summed E-state index contributed by atoms with van der Waals surface area (Å²) in [7, 11) is 0. The van der Waals surface area contributed by atoms with Crippen LogP contribution in [0.25, 0.3) is 0 Å². The Balaban J connectivity index is 1.87. The third kappa shape index (κ3) is 5.30. The smallest absolute Gasteiger partial charge is 0.419 e. The lowest BCUT2D eigenvalue weighted by Gasteiger charge is -2.18. The molecule has 1 atom stereocenters. The molecule has 24 heavy (non-hydrogen) atoms. The summed E-state index contributed by atoms with van der Waals surface area (Å²) >= 11 is 0. The molecule has 2 rings (SSSR count). The Morgan fingerprint density at radius 1 is 1.08 bits per heavy atom. The van der Waals surface area contributed by atoms with Gasteiger partial charge in [-0.2, -0.15) is 13.2 Å². The highest BCUT2D eigenvalue weighted by Gasteiger charge is 2.34. The Labute approximate surface area is 138 Å². The number of rotatable bonds is 6. The summed E-state index contributed by atoms with van der Waals surface area (Å²) in [5, 5.41) is 2.71. The zero-order valence-electron chi connectivity index (χ0n) is 13.1. The van der Waals surface area contributed by atoms with Gasteiger partial charge in [0.1, 0.15) is 12.4 Å². The maximum Gasteiger partial charge on any atom is 0.419 e. The molecule has 0 spiro atoms. The molecule has 2 aromatic carbocycles. The van der Waals surface area contributed by atoms with E-state index in [9.17, 15) is 18.0 Å². The fourth-order valence-corrected chi connectivity index (χ4v) is 2.19. The number of ether oxygens (including phenoxy) is 1. The van der Waals surface area contributed by atoms with Crippen LogP contribution >= 0.6 is 0 Å². The first kappa shape index (κ1) is 17.8. The van der Waals surface area contributed by atoms with Crippen molar-refractivity contribution in [2.45, 2.75) is 25.6 Å². The van der Waals surface area contributed by atoms with E-state index in [0.717, 1.165) is 11.6 Å². The normalized spacial score (nSPS) is 12.5. The van der Waals surface area contributed by atoms with Crippen LogP contribution in [0.5, 0.6) is 5.75 Å². The van der Waals surface area contributed by atoms with Gasteiger partial charge in [0.25, 0.3) is 0 Å². The Bertz CT molecular complexity index is 671. The lowest BCUT2D eigenvalue weighted by Crippen LogP contribution is -2.37. The first-order valence-corrected chi connectivity index (χ1v) is 7.48. The molecule has 3 nitrogen and oxygen atoms in total. The maximum absolute atomic E-state index is 12.9. The fraction of sp³-hybridized carbons (Fsp3) is 0.278. The molecule has 0 saturated heterocycles. The third-order valence-electron chi connectivity index (χ3n) is 3.30. The lowest BCUT2D eigenvalue weighted by molar-refractivity contribution is -0.139. The van der Waals surface area contributed by atoms with Gasteiger partial charge in [0.05, 0.1) is 18.0 Å². The number of para-hydroxylation sites is 1. The summed E-state index contributed by atoms with van der Waals surface area (Å²) in [5.74, 6) is -0.449. The van der Waals surface area contributed by atoms with Gasteiger partial charge in [-0.15, -0.1) is 0 Å². The average molecular weight is 337 g/mol. The van der Waals surface area contributed by atoms with Gasteiger partial charge in [-0.1, -0.05) is 42.5 Å². The van der Waals surface area contributed by atoms with Crippen molar-refractivity contribution in [2.75, 3.05) is 6.61 Å². The summed E-state index contributed by atoms with van der Waals surface area (Å²) in [6, 6.07) is 13.8. The number of alkyl halides is 3. The molecule has 0 aliphatic rings. The molecule has 0 radical (unpaired) electrons. The average Bonchev–Trinajstić information content (AvgIpc) is 2.53. The highest BCUT2D eigenvalue weighted by Crippen LogP contribution is 2.35. The van der Waals surface area contributed by atoms with Crippen molar-refractivity contribution < 1.29 is 22.7 Å². The number of nitrogens with one attached hydrogen (secondary N) is 1. The lowest BCUT2D eigenvalue weighted by atomic mass is 10.1. The minimum atomic E-state index is -4.48. The fourth-order valence-electron chi connectivity index (χ4n) is 2.19. The first-order valence-electron chi connectivity index (χ1n) is 7.48. The van der Waals surface area contributed by atoms with E-state index in [1.807, 2.05) is 30.3 Å². The number of amides is 1. The van der Waals surface area contributed by atoms with Crippen LogP contribution < -0.4 is 10.1 Å². The van der Waals surface area contributed by atoms with Crippen LogP contribution in [0.2, 0.25) is 0 Å². The second-order valence-corrected chi connectivity index (χ2v) is 5.44. The Hall–Kier alpha value is -2.50. The van der Waals surface area contributed by atoms with E-state index in [2.05, 4.69) is 5.32 Å². The van der Waals surface area contributed by atoms with Crippen LogP contribution in [0.3, 0.4) is 0 Å². The van der Waals surface area contributed by atoms with Crippen LogP contribution in [-0.4, -0.2) is 18.6 Å². The van der Waals surface area contributed by atoms with Crippen molar-refractivity contribution in [1.82, 2.24) is 5.32 Å². The summed E-state index contributed by atoms with van der Waals surface area (Å²) in [4.78, 5) is 11.9. The van der Waals surface area contributed by atoms with Crippen LogP contribution in [0, 0.1) is 0 Å². The molecule has 0 bridgehead atoms. The van der Waals surface area contributed by atoms with Gasteiger partial charge in [-0.3, -0.25) is 4.79 Å². The van der Waals surface area contributed by atoms with Crippen molar-refractivity contribution >= 4 is 5.91 Å². The van der Waals surface area contributed by atoms with E-state index in [1.54, 1.807) is 6.92 Å². The zero-order chi connectivity index (χ0) is 17.6. The van der Waals surface area contributed by atoms with Crippen molar-refractivity contribution in [3.8, 4) is 5.75 Å². The molecular weight excluding hydrogens is 319 g/mol. The quantitative estimate of drug-likeness (QED) is 0.870. The molecule has 0 aliphatic carbocycles. The SMILES string of the molecule is CC(COc1ccccc1C(F)(F)F)NC(=O)Cc1ccccc1. The monoisotopic (exact) mass is 337 g/mol. The van der Waals surface area contributed by atoms with Gasteiger partial charge in [0.2, 0.25) is 5.91 Å². The summed E-state index contributed by atoms with van der Waals surface area (Å²) in [6.07, 6.45) is -4.26. The number of halogens is 3. The largest absolute Gasteiger partial charge is 0.491 e. The summed E-state index contributed by atoms with van der Waals surface area (Å²) < 4.78 is 43.9. The molecule has 0 aliphatic heterocycles. The van der Waals surface area contributed by atoms with Crippen molar-refractivity contribution in [3.63, 3.8) is 0 Å². The predicted molar refractivity (Wildman–Crippen MR) is 84.7 cm³/mol. The molecule has 0 saturated carbocycles. The number of carbonyl (C=O) groups is 1. The third-order valence-corrected chi connectivity index (χ3v) is 3.30. The van der Waals surface area contributed by atoms with Gasteiger partial charge in [0.15, 0.2) is 0 Å². The molecule has 128 valence electrons. The highest BCUT2D eigenvalue weighted by molar-refractivity contribution is 5.78. The standard InChI is InChI=1S/C18H18F3NO2/c1-13(22-17(23)11-14-7-3-2-4-8-14)12-24-16-10-6-5-9-15(16)18(19,20)21/h2-10,13H,11-12H2,1H3,(H,22,23). The molecular formula is C18H18F3NO2. The minimum Gasteiger partial charge on any atom is -0.491 e. The maximum atomic E-state index is 12.9. The molecule has 0 aromatic heterocycles. The van der Waals surface area contributed by atoms with Gasteiger partial charge in [-0.05, 0) is 24.6 Å². The van der Waals surface area contributed by atoms with Crippen LogP contribution in [-0.2, 0) is 17.4 Å². The molecule has 0 fully saturated rings. The van der Waals surface area contributed by atoms with Crippen molar-refractivity contribution in [1.29, 1.82) is 0 Å². The van der Waals surface area contributed by atoms with Crippen molar-refractivity contribution in [2.24, 2.45) is 0 Å². The molecule has 0 heterocycles. The number of hydrogen-bond donors (Lipinski definition) is 1. The molecule has 2 aromatic rings. The molecule has 6 heteroatoms. The first-order chi connectivity index (χ1) is 11.4. The van der Waals surface area contributed by atoms with Crippen LogP contribution in [0.1, 0.15) is 18.1 Å². The molecule has 1 amide bonds. The van der Waals surface area contributed by atoms with Gasteiger partial charge in [-0.25, -0.2) is 0 Å². The zero-order valence-corrected chi connectivity index (χ0v) is 13.1. The highest BCUT2D eigenvalue weighted by atomic mass is 19.4. The minimum absolute atomic E-state index is 0.0480. The van der Waals surface area contributed by atoms with E-state index in [0.29, 0.717) is 0 Å². The van der Waals surface area contributed by atoms with Gasteiger partial charge < -0.3 is 10.1 Å². The number of hydrogen-bond acceptors (Lipinski definition) is 2. The Morgan fingerprint density at radius 3 is 2.38 bits per heavy atom. The van der Waals surface area contributed by atoms with E-state index in [-0.39, 0.29) is 24.7 Å². The summed E-state index contributed by atoms with van der Waals surface area (Å²) in [6.45, 7) is 1.63. The summed E-state index contributed by atoms with van der Waals surface area (Å²) in [5.41, 5.74) is 0.0401. The second kappa shape index (κ2) is 7.86. The molecule has 1 unspecified atom stereocenters. The Morgan fingerprint density at radius 2 is 1.71 bits per heavy atom. The molecule has 1 N–H and O–H groups in total. The van der Waals surface area contributed by atoms with E-state index >= 15 is 0 Å². The van der Waals surface area contributed by atoms with Crippen molar-refractivity contribution in [3.05, 3.63) is 65.7 Å². The second-order valence-electron chi connectivity index (χ2n) is 5.44. The predicted octanol–water partition coefficient (Wildman–Crippen LogP) is 3.83. The van der Waals surface area contributed by atoms with E-state index < -0.39 is 17.8 Å². The topological polar surface area (TPSA) is 38.3 Å². The van der Waals surface area contributed by atoms with E-state index in [4.69, 9.17) is 4.74 Å². The van der Waals surface area contributed by atoms with Crippen LogP contribution in [0.15, 0.2) is 54.6 Å². The number of carbonyl (C=O) groups excluding carboxylic acids is 1. The van der Waals surface area contributed by atoms with Crippen LogP contribution in [0.4, 0.5) is 13.2 Å². The number of benzene rings is 2. The Kier molecular flexibility index (Phi) is 5.84. The van der Waals surface area contributed by atoms with Gasteiger partial charge >= 0.3 is 6.18 Å². The van der Waals surface area contributed by atoms with E-state index in [1.165, 1.54) is 18.2 Å².